The first-order chi connectivity index (χ1) is 16.5. The quantitative estimate of drug-likeness (QED) is 0.221. The minimum absolute atomic E-state index is 0.0417. The molecule has 0 aliphatic heterocycles. The number of rotatable bonds is 11. The van der Waals surface area contributed by atoms with Gasteiger partial charge in [0.25, 0.3) is 0 Å². The summed E-state index contributed by atoms with van der Waals surface area (Å²) in [7, 11) is -13.2. The lowest BCUT2D eigenvalue weighted by molar-refractivity contribution is -0.0476. The molecule has 1 aliphatic rings. The van der Waals surface area contributed by atoms with Gasteiger partial charge in [-0.3, -0.25) is 0 Å². The van der Waals surface area contributed by atoms with Crippen LogP contribution in [0.15, 0.2) is 49.4 Å². The Balaban J connectivity index is 0.000000384. The van der Waals surface area contributed by atoms with Gasteiger partial charge in [-0.05, 0) is 12.8 Å². The molecule has 15 heteroatoms. The Morgan fingerprint density at radius 2 is 1.61 bits per heavy atom. The van der Waals surface area contributed by atoms with Crippen molar-refractivity contribution in [2.24, 2.45) is 5.41 Å². The third-order valence-corrected chi connectivity index (χ3v) is 8.17. The smallest absolute Gasteiger partial charge is 0.335 e. The van der Waals surface area contributed by atoms with Crippen molar-refractivity contribution in [1.29, 1.82) is 0 Å². The molecule has 0 radical (unpaired) electrons. The lowest BCUT2D eigenvalue weighted by atomic mass is 9.78. The molecule has 1 heterocycles. The van der Waals surface area contributed by atoms with Gasteiger partial charge in [-0.15, -0.1) is 6.58 Å². The highest BCUT2D eigenvalue weighted by Crippen LogP contribution is 2.33. The second-order valence-electron chi connectivity index (χ2n) is 8.04. The second kappa shape index (κ2) is 12.9. The third kappa shape index (κ3) is 9.39. The molecule has 1 N–H and O–H groups in total. The molecule has 2 rings (SSSR count). The molecule has 0 saturated heterocycles. The Hall–Kier alpha value is -2.13. The van der Waals surface area contributed by atoms with Gasteiger partial charge in [0.15, 0.2) is 0 Å². The summed E-state index contributed by atoms with van der Waals surface area (Å²) in [5.41, 5.74) is -12.3. The first-order valence-corrected chi connectivity index (χ1v) is 13.9. The number of aryl methyl sites for hydroxylation is 1. The van der Waals surface area contributed by atoms with E-state index < -0.39 is 35.2 Å². The number of hydrogen-bond acceptors (Lipinski definition) is 5. The number of alkyl halides is 6. The van der Waals surface area contributed by atoms with E-state index in [-0.39, 0.29) is 5.41 Å². The highest BCUT2D eigenvalue weighted by atomic mass is 32.3. The van der Waals surface area contributed by atoms with Crippen molar-refractivity contribution in [2.75, 3.05) is 0 Å². The van der Waals surface area contributed by atoms with E-state index in [9.17, 15) is 43.2 Å². The minimum Gasteiger partial charge on any atom is -0.335 e. The fraction of sp³-hybridized carbons (Fsp3) is 0.571. The van der Waals surface area contributed by atoms with E-state index in [1.165, 1.54) is 37.9 Å². The highest BCUT2D eigenvalue weighted by molar-refractivity contribution is 8.05. The molecule has 0 spiro atoms. The SMILES string of the molecule is C=CC1(Cc2nccn2CCCCCCC)C=CC=CC1.O=S(=O)(NS(=O)(=O)C(F)(F)F)C(F)(F)F. The van der Waals surface area contributed by atoms with Crippen molar-refractivity contribution in [1.82, 2.24) is 13.7 Å². The molecule has 1 aliphatic carbocycles. The fourth-order valence-corrected chi connectivity index (χ4v) is 5.08. The maximum atomic E-state index is 11.5. The summed E-state index contributed by atoms with van der Waals surface area (Å²) in [5, 5.41) is 0. The van der Waals surface area contributed by atoms with E-state index in [0.29, 0.717) is 0 Å². The zero-order valence-corrected chi connectivity index (χ0v) is 21.2. The molecule has 0 aromatic carbocycles. The summed E-state index contributed by atoms with van der Waals surface area (Å²) in [4.78, 5) is 4.58. The standard InChI is InChI=1S/C19H28N2.C2HF6NO4S2/c1-3-5-6-7-11-15-21-16-14-20-18(21)17-19(4-2)12-9-8-10-13-19;3-1(4,5)14(10,11)9-15(12,13)2(6,7)8/h4,8-10,12,14,16H,2-3,5-7,11,13,15,17H2,1H3;9H. The molecule has 0 amide bonds. The molecule has 0 saturated carbocycles. The number of aromatic nitrogens is 2. The van der Waals surface area contributed by atoms with Crippen LogP contribution in [-0.2, 0) is 33.0 Å². The molecular formula is C21H29F6N3O4S2. The van der Waals surface area contributed by atoms with Crippen LogP contribution < -0.4 is 4.13 Å². The van der Waals surface area contributed by atoms with Crippen molar-refractivity contribution in [3.63, 3.8) is 0 Å². The predicted molar refractivity (Wildman–Crippen MR) is 123 cm³/mol. The van der Waals surface area contributed by atoms with E-state index in [2.05, 4.69) is 59.6 Å². The molecule has 36 heavy (non-hydrogen) atoms. The van der Waals surface area contributed by atoms with Gasteiger partial charge >= 0.3 is 31.1 Å². The number of nitrogens with one attached hydrogen (secondary N) is 1. The van der Waals surface area contributed by atoms with Crippen LogP contribution in [0, 0.1) is 5.41 Å². The van der Waals surface area contributed by atoms with Gasteiger partial charge in [-0.1, -0.05) is 67.1 Å². The Bertz CT molecular complexity index is 1080. The van der Waals surface area contributed by atoms with Crippen molar-refractivity contribution >= 4 is 20.0 Å². The van der Waals surface area contributed by atoms with Crippen LogP contribution >= 0.6 is 0 Å². The molecule has 1 unspecified atom stereocenters. The molecule has 1 atom stereocenters. The lowest BCUT2D eigenvalue weighted by Gasteiger charge is -2.27. The van der Waals surface area contributed by atoms with Gasteiger partial charge < -0.3 is 4.57 Å². The number of hydrogen-bond donors (Lipinski definition) is 1. The van der Waals surface area contributed by atoms with Gasteiger partial charge in [0.05, 0.1) is 0 Å². The van der Waals surface area contributed by atoms with Gasteiger partial charge in [-0.25, -0.2) is 21.8 Å². The van der Waals surface area contributed by atoms with Crippen molar-refractivity contribution in [3.05, 3.63) is 55.2 Å². The van der Waals surface area contributed by atoms with E-state index in [1.807, 2.05) is 6.20 Å². The summed E-state index contributed by atoms with van der Waals surface area (Å²) in [5.74, 6) is 1.19. The van der Waals surface area contributed by atoms with Crippen LogP contribution in [0.5, 0.6) is 0 Å². The summed E-state index contributed by atoms with van der Waals surface area (Å²) in [6.45, 7) is 7.39. The number of imidazole rings is 1. The second-order valence-corrected chi connectivity index (χ2v) is 11.6. The van der Waals surface area contributed by atoms with Gasteiger partial charge in [0.1, 0.15) is 5.82 Å². The summed E-state index contributed by atoms with van der Waals surface area (Å²) in [6, 6.07) is 0. The van der Waals surface area contributed by atoms with E-state index in [0.717, 1.165) is 19.4 Å². The average Bonchev–Trinajstić information content (AvgIpc) is 3.19. The minimum atomic E-state index is -6.60. The molecule has 0 fully saturated rings. The average molecular weight is 566 g/mol. The number of halogens is 6. The van der Waals surface area contributed by atoms with Crippen LogP contribution in [0.25, 0.3) is 0 Å². The normalized spacial score (nSPS) is 18.5. The van der Waals surface area contributed by atoms with E-state index >= 15 is 0 Å². The zero-order valence-electron chi connectivity index (χ0n) is 19.5. The molecular weight excluding hydrogens is 536 g/mol. The maximum Gasteiger partial charge on any atom is 0.512 e. The molecule has 1 aromatic heterocycles. The van der Waals surface area contributed by atoms with Crippen molar-refractivity contribution in [3.8, 4) is 0 Å². The van der Waals surface area contributed by atoms with Crippen molar-refractivity contribution < 1.29 is 43.2 Å². The number of unbranched alkanes of at least 4 members (excludes halogenated alkanes) is 4. The Morgan fingerprint density at radius 3 is 2.08 bits per heavy atom. The fourth-order valence-electron chi connectivity index (χ4n) is 3.17. The first kappa shape index (κ1) is 31.9. The summed E-state index contributed by atoms with van der Waals surface area (Å²) < 4.78 is 111. The topological polar surface area (TPSA) is 98.1 Å². The Labute approximate surface area is 207 Å². The van der Waals surface area contributed by atoms with Gasteiger partial charge in [0, 0.05) is 30.8 Å². The molecule has 206 valence electrons. The van der Waals surface area contributed by atoms with Crippen LogP contribution in [-0.4, -0.2) is 37.4 Å². The van der Waals surface area contributed by atoms with Gasteiger partial charge in [0.2, 0.25) is 0 Å². The summed E-state index contributed by atoms with van der Waals surface area (Å²) >= 11 is 0. The van der Waals surface area contributed by atoms with Crippen LogP contribution in [0.2, 0.25) is 0 Å². The summed E-state index contributed by atoms with van der Waals surface area (Å²) in [6.07, 6.45) is 23.4. The Morgan fingerprint density at radius 1 is 1.03 bits per heavy atom. The number of sulfonamides is 2. The van der Waals surface area contributed by atoms with Gasteiger partial charge in [-0.2, -0.15) is 26.3 Å². The molecule has 7 nitrogen and oxygen atoms in total. The molecule has 0 bridgehead atoms. The van der Waals surface area contributed by atoms with Crippen LogP contribution in [0.1, 0.15) is 51.3 Å². The highest BCUT2D eigenvalue weighted by Gasteiger charge is 2.55. The largest absolute Gasteiger partial charge is 0.512 e. The maximum absolute atomic E-state index is 11.5. The third-order valence-electron chi connectivity index (χ3n) is 5.20. The van der Waals surface area contributed by atoms with E-state index in [1.54, 1.807) is 0 Å². The lowest BCUT2D eigenvalue weighted by Crippen LogP contribution is -2.45. The van der Waals surface area contributed by atoms with Crippen molar-refractivity contribution in [2.45, 2.75) is 69.4 Å². The predicted octanol–water partition coefficient (Wildman–Crippen LogP) is 5.36. The Kier molecular flexibility index (Phi) is 11.4. The van der Waals surface area contributed by atoms with Crippen LogP contribution in [0.4, 0.5) is 26.3 Å². The van der Waals surface area contributed by atoms with E-state index in [4.69, 9.17) is 0 Å². The van der Waals surface area contributed by atoms with Crippen LogP contribution in [0.3, 0.4) is 0 Å². The number of nitrogens with zero attached hydrogens (tertiary/aromatic N) is 2. The molecule has 1 aromatic rings. The zero-order chi connectivity index (χ0) is 27.7. The first-order valence-electron chi connectivity index (χ1n) is 10.9. The number of allylic oxidation sites excluding steroid dienone is 5. The monoisotopic (exact) mass is 565 g/mol.